The maximum atomic E-state index is 12.8. The number of fused-ring (bicyclic) bond motifs is 3. The van der Waals surface area contributed by atoms with Gasteiger partial charge in [0, 0.05) is 24.0 Å². The summed E-state index contributed by atoms with van der Waals surface area (Å²) in [6.45, 7) is 1.73. The van der Waals surface area contributed by atoms with Crippen molar-refractivity contribution in [3.05, 3.63) is 75.2 Å². The van der Waals surface area contributed by atoms with E-state index in [4.69, 9.17) is 18.9 Å². The van der Waals surface area contributed by atoms with Crippen molar-refractivity contribution in [1.29, 1.82) is 0 Å². The van der Waals surface area contributed by atoms with E-state index in [0.717, 1.165) is 21.8 Å². The standard InChI is InChI=1S/C24H21NO5S/c1-27-20-7-5-15(10-21(20)28-2)12-25-13-18-19(29-14-25)8-6-17-23(26)22(30-24(17)18)11-16-4-3-9-31-16/h3-11H,12-14H2,1-2H3/b22-11-. The van der Waals surface area contributed by atoms with Crippen LogP contribution in [0, 0.1) is 0 Å². The largest absolute Gasteiger partial charge is 0.493 e. The Morgan fingerprint density at radius 2 is 2.00 bits per heavy atom. The summed E-state index contributed by atoms with van der Waals surface area (Å²) < 4.78 is 22.7. The van der Waals surface area contributed by atoms with Crippen molar-refractivity contribution in [1.82, 2.24) is 4.90 Å². The van der Waals surface area contributed by atoms with Crippen LogP contribution in [0.15, 0.2) is 53.6 Å². The predicted molar refractivity (Wildman–Crippen MR) is 118 cm³/mol. The van der Waals surface area contributed by atoms with Gasteiger partial charge in [-0.2, -0.15) is 0 Å². The summed E-state index contributed by atoms with van der Waals surface area (Å²) in [5.41, 5.74) is 2.55. The van der Waals surface area contributed by atoms with Gasteiger partial charge in [-0.15, -0.1) is 11.3 Å². The number of allylic oxidation sites excluding steroid dienone is 1. The second-order valence-corrected chi connectivity index (χ2v) is 8.30. The lowest BCUT2D eigenvalue weighted by atomic mass is 10.0. The average Bonchev–Trinajstić information content (AvgIpc) is 3.42. The quantitative estimate of drug-likeness (QED) is 0.540. The van der Waals surface area contributed by atoms with E-state index < -0.39 is 0 Å². The molecule has 0 fully saturated rings. The summed E-state index contributed by atoms with van der Waals surface area (Å²) in [7, 11) is 3.25. The van der Waals surface area contributed by atoms with E-state index in [2.05, 4.69) is 4.90 Å². The number of methoxy groups -OCH3 is 2. The number of Topliss-reactive ketones (excluding diaryl/α,β-unsaturated/α-hetero) is 1. The van der Waals surface area contributed by atoms with Crippen LogP contribution in [-0.4, -0.2) is 31.6 Å². The third-order valence-electron chi connectivity index (χ3n) is 5.35. The van der Waals surface area contributed by atoms with Crippen molar-refractivity contribution in [2.45, 2.75) is 13.1 Å². The number of hydrogen-bond donors (Lipinski definition) is 0. The molecule has 0 saturated heterocycles. The van der Waals surface area contributed by atoms with Crippen LogP contribution in [0.1, 0.15) is 26.4 Å². The van der Waals surface area contributed by atoms with Crippen molar-refractivity contribution in [3.8, 4) is 23.0 Å². The van der Waals surface area contributed by atoms with Crippen LogP contribution in [0.25, 0.3) is 6.08 Å². The molecule has 0 N–H and O–H groups in total. The van der Waals surface area contributed by atoms with Gasteiger partial charge in [0.05, 0.1) is 25.3 Å². The number of carbonyl (C=O) groups excluding carboxylic acids is 1. The Balaban J connectivity index is 1.40. The molecule has 7 heteroatoms. The number of benzene rings is 2. The van der Waals surface area contributed by atoms with Gasteiger partial charge in [-0.25, -0.2) is 0 Å². The lowest BCUT2D eigenvalue weighted by Crippen LogP contribution is -2.31. The molecule has 2 aliphatic heterocycles. The molecule has 5 rings (SSSR count). The highest BCUT2D eigenvalue weighted by Crippen LogP contribution is 2.42. The molecule has 0 spiro atoms. The van der Waals surface area contributed by atoms with E-state index in [-0.39, 0.29) is 5.78 Å². The van der Waals surface area contributed by atoms with Crippen molar-refractivity contribution in [2.75, 3.05) is 21.0 Å². The predicted octanol–water partition coefficient (Wildman–Crippen LogP) is 4.73. The highest BCUT2D eigenvalue weighted by Gasteiger charge is 2.33. The van der Waals surface area contributed by atoms with Crippen molar-refractivity contribution >= 4 is 23.2 Å². The fourth-order valence-electron chi connectivity index (χ4n) is 3.85. The molecule has 0 saturated carbocycles. The topological polar surface area (TPSA) is 57.2 Å². The van der Waals surface area contributed by atoms with Crippen molar-refractivity contribution in [3.63, 3.8) is 0 Å². The first-order valence-electron chi connectivity index (χ1n) is 9.86. The van der Waals surface area contributed by atoms with Gasteiger partial charge in [0.25, 0.3) is 0 Å². The molecule has 1 aromatic heterocycles. The second kappa shape index (κ2) is 8.09. The number of rotatable bonds is 5. The van der Waals surface area contributed by atoms with Gasteiger partial charge < -0.3 is 18.9 Å². The summed E-state index contributed by atoms with van der Waals surface area (Å²) in [5.74, 6) is 3.00. The smallest absolute Gasteiger partial charge is 0.232 e. The fourth-order valence-corrected chi connectivity index (χ4v) is 4.49. The molecular formula is C24H21NO5S. The monoisotopic (exact) mass is 435 g/mol. The molecule has 31 heavy (non-hydrogen) atoms. The van der Waals surface area contributed by atoms with Crippen LogP contribution in [0.5, 0.6) is 23.0 Å². The first kappa shape index (κ1) is 19.7. The molecule has 0 aliphatic carbocycles. The number of ketones is 1. The van der Waals surface area contributed by atoms with Crippen LogP contribution >= 0.6 is 11.3 Å². The van der Waals surface area contributed by atoms with E-state index in [0.29, 0.717) is 48.4 Å². The molecule has 3 heterocycles. The number of hydrogen-bond acceptors (Lipinski definition) is 7. The minimum atomic E-state index is -0.0942. The zero-order chi connectivity index (χ0) is 21.4. The van der Waals surface area contributed by atoms with Crippen LogP contribution in [-0.2, 0) is 13.1 Å². The van der Waals surface area contributed by atoms with Crippen LogP contribution in [0.3, 0.4) is 0 Å². The number of carbonyl (C=O) groups is 1. The minimum Gasteiger partial charge on any atom is -0.493 e. The van der Waals surface area contributed by atoms with Crippen LogP contribution in [0.4, 0.5) is 0 Å². The van der Waals surface area contributed by atoms with Gasteiger partial charge in [-0.3, -0.25) is 9.69 Å². The molecule has 0 atom stereocenters. The fraction of sp³-hybridized carbons (Fsp3) is 0.208. The number of ether oxygens (including phenoxy) is 4. The molecule has 0 unspecified atom stereocenters. The van der Waals surface area contributed by atoms with Gasteiger partial charge in [0.15, 0.2) is 17.3 Å². The molecule has 0 amide bonds. The van der Waals surface area contributed by atoms with Gasteiger partial charge in [-0.05, 0) is 41.3 Å². The van der Waals surface area contributed by atoms with Crippen LogP contribution in [0.2, 0.25) is 0 Å². The average molecular weight is 436 g/mol. The molecule has 2 aromatic carbocycles. The third-order valence-corrected chi connectivity index (χ3v) is 6.17. The SMILES string of the molecule is COc1ccc(CN2COc3ccc4c(c3C2)O/C(=C\c2cccs2)C4=O)cc1OC. The molecule has 6 nitrogen and oxygen atoms in total. The Morgan fingerprint density at radius 3 is 2.77 bits per heavy atom. The lowest BCUT2D eigenvalue weighted by Gasteiger charge is -2.29. The Labute approximate surface area is 184 Å². The van der Waals surface area contributed by atoms with Gasteiger partial charge in [-0.1, -0.05) is 12.1 Å². The Kier molecular flexibility index (Phi) is 5.13. The zero-order valence-corrected chi connectivity index (χ0v) is 18.0. The minimum absolute atomic E-state index is 0.0942. The normalized spacial score (nSPS) is 16.5. The van der Waals surface area contributed by atoms with E-state index in [1.54, 1.807) is 37.7 Å². The Hall–Kier alpha value is -3.29. The molecule has 0 radical (unpaired) electrons. The van der Waals surface area contributed by atoms with Gasteiger partial charge >= 0.3 is 0 Å². The zero-order valence-electron chi connectivity index (χ0n) is 17.2. The Morgan fingerprint density at radius 1 is 1.13 bits per heavy atom. The van der Waals surface area contributed by atoms with E-state index in [1.165, 1.54) is 0 Å². The number of nitrogens with zero attached hydrogens (tertiary/aromatic N) is 1. The number of thiophene rings is 1. The third kappa shape index (κ3) is 3.66. The lowest BCUT2D eigenvalue weighted by molar-refractivity contribution is 0.0872. The maximum absolute atomic E-state index is 12.8. The molecule has 0 bridgehead atoms. The summed E-state index contributed by atoms with van der Waals surface area (Å²) >= 11 is 1.57. The first-order chi connectivity index (χ1) is 15.2. The van der Waals surface area contributed by atoms with Crippen LogP contribution < -0.4 is 18.9 Å². The summed E-state index contributed by atoms with van der Waals surface area (Å²) in [6, 6.07) is 13.4. The van der Waals surface area contributed by atoms with Crippen molar-refractivity contribution < 1.29 is 23.7 Å². The van der Waals surface area contributed by atoms with E-state index >= 15 is 0 Å². The van der Waals surface area contributed by atoms with Gasteiger partial charge in [0.1, 0.15) is 18.2 Å². The Bertz CT molecular complexity index is 1170. The summed E-state index contributed by atoms with van der Waals surface area (Å²) in [6.07, 6.45) is 1.80. The molecular weight excluding hydrogens is 414 g/mol. The van der Waals surface area contributed by atoms with Gasteiger partial charge in [0.2, 0.25) is 5.78 Å². The highest BCUT2D eigenvalue weighted by atomic mass is 32.1. The summed E-state index contributed by atoms with van der Waals surface area (Å²) in [5, 5.41) is 1.97. The molecule has 158 valence electrons. The van der Waals surface area contributed by atoms with E-state index in [9.17, 15) is 4.79 Å². The summed E-state index contributed by atoms with van der Waals surface area (Å²) in [4.78, 5) is 16.0. The molecule has 2 aliphatic rings. The maximum Gasteiger partial charge on any atom is 0.232 e. The second-order valence-electron chi connectivity index (χ2n) is 7.32. The first-order valence-corrected chi connectivity index (χ1v) is 10.7. The highest BCUT2D eigenvalue weighted by molar-refractivity contribution is 7.10. The molecule has 3 aromatic rings. The van der Waals surface area contributed by atoms with Crippen molar-refractivity contribution in [2.24, 2.45) is 0 Å². The van der Waals surface area contributed by atoms with E-state index in [1.807, 2.05) is 41.8 Å².